The van der Waals surface area contributed by atoms with E-state index in [1.807, 2.05) is 13.0 Å². The third kappa shape index (κ3) is 5.79. The van der Waals surface area contributed by atoms with Gasteiger partial charge in [-0.3, -0.25) is 9.71 Å². The van der Waals surface area contributed by atoms with E-state index in [-0.39, 0.29) is 16.3 Å². The van der Waals surface area contributed by atoms with Crippen molar-refractivity contribution in [3.63, 3.8) is 0 Å². The molecule has 166 valence electrons. The molecule has 9 heteroatoms. The lowest BCUT2D eigenvalue weighted by molar-refractivity contribution is 0.392. The molecule has 0 saturated carbocycles. The molecule has 31 heavy (non-hydrogen) atoms. The van der Waals surface area contributed by atoms with Crippen LogP contribution in [0.5, 0.6) is 23.0 Å². The molecule has 0 atom stereocenters. The van der Waals surface area contributed by atoms with Crippen molar-refractivity contribution in [2.75, 3.05) is 28.4 Å². The zero-order chi connectivity index (χ0) is 23.0. The summed E-state index contributed by atoms with van der Waals surface area (Å²) in [7, 11) is 1.94. The molecule has 0 aromatic heterocycles. The second-order valence-electron chi connectivity index (χ2n) is 6.28. The van der Waals surface area contributed by atoms with Crippen molar-refractivity contribution in [3.8, 4) is 23.0 Å². The highest BCUT2D eigenvalue weighted by molar-refractivity contribution is 7.89. The van der Waals surface area contributed by atoms with Gasteiger partial charge in [0.2, 0.25) is 0 Å². The van der Waals surface area contributed by atoms with Gasteiger partial charge >= 0.3 is 0 Å². The summed E-state index contributed by atoms with van der Waals surface area (Å²) in [6.45, 7) is 5.25. The van der Waals surface area contributed by atoms with Crippen LogP contribution in [0.1, 0.15) is 12.5 Å². The average molecular weight is 447 g/mol. The number of allylic oxidation sites excluding steroid dienone is 2. The number of hydrogen-bond donors (Lipinski definition) is 1. The third-order valence-electron chi connectivity index (χ3n) is 4.35. The fourth-order valence-electron chi connectivity index (χ4n) is 2.83. The van der Waals surface area contributed by atoms with Crippen molar-refractivity contribution in [1.82, 2.24) is 4.72 Å². The molecule has 0 fully saturated rings. The quantitative estimate of drug-likeness (QED) is 0.442. The summed E-state index contributed by atoms with van der Waals surface area (Å²) in [5, 5.41) is 0. The van der Waals surface area contributed by atoms with Crippen molar-refractivity contribution in [3.05, 3.63) is 59.9 Å². The summed E-state index contributed by atoms with van der Waals surface area (Å²) < 4.78 is 49.7. The maximum atomic E-state index is 13.1. The standard InChI is InChI=1S/C22H26N2O6S/c1-15(19-9-7-17(27-3)12-21(19)30-6)11-16(14-23-2)24-31(25,26)22-13-18(28-4)8-10-20(22)29-5/h7-14,24H,2H2,1,3-6H3/b15-11+,16-14+. The molecule has 8 nitrogen and oxygen atoms in total. The summed E-state index contributed by atoms with van der Waals surface area (Å²) in [5.41, 5.74) is 1.70. The molecule has 0 aliphatic rings. The van der Waals surface area contributed by atoms with Gasteiger partial charge in [0.1, 0.15) is 27.9 Å². The Labute approximate surface area is 182 Å². The van der Waals surface area contributed by atoms with E-state index in [2.05, 4.69) is 16.4 Å². The fraction of sp³-hybridized carbons (Fsp3) is 0.227. The lowest BCUT2D eigenvalue weighted by Gasteiger charge is -2.14. The first-order valence-corrected chi connectivity index (χ1v) is 10.6. The molecule has 0 unspecified atom stereocenters. The van der Waals surface area contributed by atoms with Crippen molar-refractivity contribution in [2.24, 2.45) is 4.99 Å². The van der Waals surface area contributed by atoms with Crippen molar-refractivity contribution >= 4 is 22.3 Å². The Morgan fingerprint density at radius 3 is 2.13 bits per heavy atom. The lowest BCUT2D eigenvalue weighted by Crippen LogP contribution is -2.23. The van der Waals surface area contributed by atoms with Crippen LogP contribution in [0.4, 0.5) is 0 Å². The maximum Gasteiger partial charge on any atom is 0.265 e. The largest absolute Gasteiger partial charge is 0.497 e. The Hall–Kier alpha value is -3.46. The van der Waals surface area contributed by atoms with E-state index in [0.717, 1.165) is 11.1 Å². The number of hydrogen-bond acceptors (Lipinski definition) is 7. The predicted molar refractivity (Wildman–Crippen MR) is 121 cm³/mol. The maximum absolute atomic E-state index is 13.1. The SMILES string of the molecule is C=N/C=C(\C=C(/C)c1ccc(OC)cc1OC)NS(=O)(=O)c1cc(OC)ccc1OC. The van der Waals surface area contributed by atoms with E-state index >= 15 is 0 Å². The summed E-state index contributed by atoms with van der Waals surface area (Å²) in [6.07, 6.45) is 2.94. The molecule has 0 saturated heterocycles. The molecule has 0 heterocycles. The number of ether oxygens (including phenoxy) is 4. The van der Waals surface area contributed by atoms with Crippen molar-refractivity contribution in [2.45, 2.75) is 11.8 Å². The van der Waals surface area contributed by atoms with Gasteiger partial charge in [-0.05, 0) is 49.6 Å². The third-order valence-corrected chi connectivity index (χ3v) is 5.75. The Bertz CT molecular complexity index is 1110. The van der Waals surface area contributed by atoms with Crippen molar-refractivity contribution in [1.29, 1.82) is 0 Å². The Morgan fingerprint density at radius 2 is 1.55 bits per heavy atom. The highest BCUT2D eigenvalue weighted by atomic mass is 32.2. The summed E-state index contributed by atoms with van der Waals surface area (Å²) in [5.74, 6) is 1.78. The molecule has 0 aliphatic carbocycles. The monoisotopic (exact) mass is 446 g/mol. The van der Waals surface area contributed by atoms with Gasteiger partial charge in [-0.2, -0.15) is 0 Å². The number of rotatable bonds is 10. The van der Waals surface area contributed by atoms with E-state index in [0.29, 0.717) is 17.2 Å². The Balaban J connectivity index is 2.46. The number of nitrogens with one attached hydrogen (secondary N) is 1. The zero-order valence-electron chi connectivity index (χ0n) is 18.1. The smallest absolute Gasteiger partial charge is 0.265 e. The van der Waals surface area contributed by atoms with Gasteiger partial charge in [0.15, 0.2) is 0 Å². The minimum absolute atomic E-state index is 0.0719. The number of methoxy groups -OCH3 is 4. The summed E-state index contributed by atoms with van der Waals surface area (Å²) in [6, 6.07) is 9.86. The lowest BCUT2D eigenvalue weighted by atomic mass is 10.0. The summed E-state index contributed by atoms with van der Waals surface area (Å²) in [4.78, 5) is 3.64. The van der Waals surface area contributed by atoms with E-state index in [1.54, 1.807) is 38.5 Å². The van der Waals surface area contributed by atoms with Gasteiger partial charge in [0, 0.05) is 17.7 Å². The molecule has 0 radical (unpaired) electrons. The van der Waals surface area contributed by atoms with Crippen LogP contribution in [-0.2, 0) is 10.0 Å². The van der Waals surface area contributed by atoms with Crippen LogP contribution in [0.3, 0.4) is 0 Å². The first kappa shape index (κ1) is 23.8. The molecule has 2 aromatic rings. The van der Waals surface area contributed by atoms with Gasteiger partial charge in [-0.1, -0.05) is 0 Å². The van der Waals surface area contributed by atoms with E-state index in [9.17, 15) is 8.42 Å². The van der Waals surface area contributed by atoms with E-state index in [1.165, 1.54) is 32.6 Å². The zero-order valence-corrected chi connectivity index (χ0v) is 18.9. The number of aliphatic imine (C=N–C) groups is 1. The van der Waals surface area contributed by atoms with Gasteiger partial charge in [0.25, 0.3) is 10.0 Å². The molecular weight excluding hydrogens is 420 g/mol. The molecule has 2 aromatic carbocycles. The first-order valence-electron chi connectivity index (χ1n) is 9.11. The predicted octanol–water partition coefficient (Wildman–Crippen LogP) is 3.64. The normalized spacial score (nSPS) is 12.2. The highest BCUT2D eigenvalue weighted by Crippen LogP contribution is 2.31. The average Bonchev–Trinajstić information content (AvgIpc) is 2.77. The van der Waals surface area contributed by atoms with Gasteiger partial charge in [-0.15, -0.1) is 0 Å². The number of benzene rings is 2. The van der Waals surface area contributed by atoms with E-state index < -0.39 is 10.0 Å². The van der Waals surface area contributed by atoms with Crippen LogP contribution in [0, 0.1) is 0 Å². The van der Waals surface area contributed by atoms with Crippen molar-refractivity contribution < 1.29 is 27.4 Å². The minimum Gasteiger partial charge on any atom is -0.497 e. The van der Waals surface area contributed by atoms with Crippen LogP contribution >= 0.6 is 0 Å². The second kappa shape index (κ2) is 10.5. The highest BCUT2D eigenvalue weighted by Gasteiger charge is 2.21. The molecule has 0 bridgehead atoms. The van der Waals surface area contributed by atoms with Gasteiger partial charge in [-0.25, -0.2) is 8.42 Å². The molecular formula is C22H26N2O6S. The fourth-order valence-corrected chi connectivity index (χ4v) is 4.05. The molecule has 1 N–H and O–H groups in total. The Kier molecular flexibility index (Phi) is 8.09. The second-order valence-corrected chi connectivity index (χ2v) is 7.93. The minimum atomic E-state index is -4.02. The molecule has 0 aliphatic heterocycles. The van der Waals surface area contributed by atoms with Crippen LogP contribution in [0.15, 0.2) is 64.3 Å². The Morgan fingerprint density at radius 1 is 0.935 bits per heavy atom. The van der Waals surface area contributed by atoms with E-state index in [4.69, 9.17) is 18.9 Å². The van der Waals surface area contributed by atoms with Crippen LogP contribution in [0.25, 0.3) is 5.57 Å². The van der Waals surface area contributed by atoms with Crippen LogP contribution in [-0.4, -0.2) is 43.6 Å². The molecule has 2 rings (SSSR count). The summed E-state index contributed by atoms with van der Waals surface area (Å²) >= 11 is 0. The molecule has 0 amide bonds. The van der Waals surface area contributed by atoms with Crippen LogP contribution < -0.4 is 23.7 Å². The van der Waals surface area contributed by atoms with Crippen LogP contribution in [0.2, 0.25) is 0 Å². The van der Waals surface area contributed by atoms with Gasteiger partial charge in [0.05, 0.1) is 40.3 Å². The topological polar surface area (TPSA) is 95.5 Å². The number of nitrogens with zero attached hydrogens (tertiary/aromatic N) is 1. The number of sulfonamides is 1. The van der Waals surface area contributed by atoms with Gasteiger partial charge < -0.3 is 18.9 Å². The molecule has 0 spiro atoms. The first-order chi connectivity index (χ1) is 14.8.